The Balaban J connectivity index is 2.17. The van der Waals surface area contributed by atoms with Crippen LogP contribution in [-0.4, -0.2) is 53.5 Å². The second-order valence-corrected chi connectivity index (χ2v) is 11.1. The largest absolute Gasteiger partial charge is 0.455 e. The highest BCUT2D eigenvalue weighted by Crippen LogP contribution is 2.33. The minimum Gasteiger partial charge on any atom is -0.455 e. The van der Waals surface area contributed by atoms with E-state index in [1.807, 2.05) is 65.0 Å². The van der Waals surface area contributed by atoms with Crippen molar-refractivity contribution in [2.24, 2.45) is 5.92 Å². The molecule has 2 aromatic rings. The summed E-state index contributed by atoms with van der Waals surface area (Å²) in [5, 5.41) is 0.522. The molecule has 0 radical (unpaired) electrons. The van der Waals surface area contributed by atoms with E-state index in [4.69, 9.17) is 14.2 Å². The molecule has 8 nitrogen and oxygen atoms in total. The number of hydrogen-bond acceptors (Lipinski definition) is 8. The summed E-state index contributed by atoms with van der Waals surface area (Å²) in [6.07, 6.45) is 0.387. The van der Waals surface area contributed by atoms with E-state index in [1.54, 1.807) is 11.9 Å². The number of carbonyl (C=O) groups excluding carboxylic acids is 3. The van der Waals surface area contributed by atoms with Gasteiger partial charge in [-0.1, -0.05) is 44.2 Å². The first kappa shape index (κ1) is 29.5. The molecule has 0 aliphatic carbocycles. The summed E-state index contributed by atoms with van der Waals surface area (Å²) in [5.74, 6) is -0.407. The molecule has 0 unspecified atom stereocenters. The predicted octanol–water partition coefficient (Wildman–Crippen LogP) is 5.60. The highest BCUT2D eigenvalue weighted by molar-refractivity contribution is 7.12. The van der Waals surface area contributed by atoms with E-state index in [0.717, 1.165) is 10.4 Å². The average molecular weight is 519 g/mol. The Kier molecular flexibility index (Phi) is 11.0. The molecule has 0 spiro atoms. The van der Waals surface area contributed by atoms with Crippen molar-refractivity contribution in [3.8, 4) is 0 Å². The van der Waals surface area contributed by atoms with Gasteiger partial charge in [-0.05, 0) is 32.3 Å². The first-order valence-electron chi connectivity index (χ1n) is 12.1. The third-order valence-corrected chi connectivity index (χ3v) is 6.65. The molecular formula is C27H38N2O6S. The lowest BCUT2D eigenvalue weighted by Gasteiger charge is -2.34. The lowest BCUT2D eigenvalue weighted by molar-refractivity contribution is -0.147. The lowest BCUT2D eigenvalue weighted by atomic mass is 9.96. The number of carbonyl (C=O) groups is 3. The number of aromatic nitrogens is 1. The molecule has 0 bridgehead atoms. The van der Waals surface area contributed by atoms with E-state index < -0.39 is 23.8 Å². The lowest BCUT2D eigenvalue weighted by Crippen LogP contribution is -2.44. The van der Waals surface area contributed by atoms with E-state index in [0.29, 0.717) is 43.0 Å². The van der Waals surface area contributed by atoms with Gasteiger partial charge < -0.3 is 19.1 Å². The van der Waals surface area contributed by atoms with Gasteiger partial charge in [-0.15, -0.1) is 11.3 Å². The number of esters is 1. The molecule has 9 heteroatoms. The molecule has 2 atom stereocenters. The zero-order valence-corrected chi connectivity index (χ0v) is 23.1. The summed E-state index contributed by atoms with van der Waals surface area (Å²) in [5.41, 5.74) is 0.757. The monoisotopic (exact) mass is 518 g/mol. The maximum Gasteiger partial charge on any atom is 0.410 e. The topological polar surface area (TPSA) is 95.0 Å². The maximum atomic E-state index is 12.7. The van der Waals surface area contributed by atoms with Crippen LogP contribution in [0.15, 0.2) is 30.3 Å². The Hall–Kier alpha value is -2.78. The Morgan fingerprint density at radius 2 is 1.83 bits per heavy atom. The van der Waals surface area contributed by atoms with Crippen molar-refractivity contribution in [3.63, 3.8) is 0 Å². The van der Waals surface area contributed by atoms with Gasteiger partial charge in [0.1, 0.15) is 16.3 Å². The molecule has 0 N–H and O–H groups in total. The van der Waals surface area contributed by atoms with Crippen LogP contribution in [0.1, 0.15) is 80.0 Å². The van der Waals surface area contributed by atoms with E-state index in [1.165, 1.54) is 18.3 Å². The van der Waals surface area contributed by atoms with Gasteiger partial charge in [-0.3, -0.25) is 9.59 Å². The number of rotatable bonds is 12. The highest BCUT2D eigenvalue weighted by Gasteiger charge is 2.32. The average Bonchev–Trinajstić information content (AvgIpc) is 3.21. The van der Waals surface area contributed by atoms with Crippen molar-refractivity contribution in [1.29, 1.82) is 0 Å². The van der Waals surface area contributed by atoms with Gasteiger partial charge in [0.25, 0.3) is 0 Å². The fraction of sp³-hybridized carbons (Fsp3) is 0.556. The van der Waals surface area contributed by atoms with Crippen LogP contribution in [0.3, 0.4) is 0 Å². The Morgan fingerprint density at radius 3 is 2.39 bits per heavy atom. The number of nitrogens with zero attached hydrogens (tertiary/aromatic N) is 2. The van der Waals surface area contributed by atoms with Crippen molar-refractivity contribution < 1.29 is 28.6 Å². The van der Waals surface area contributed by atoms with Crippen LogP contribution < -0.4 is 0 Å². The molecule has 0 saturated carbocycles. The number of thiazole rings is 1. The van der Waals surface area contributed by atoms with Crippen molar-refractivity contribution in [1.82, 2.24) is 9.88 Å². The highest BCUT2D eigenvalue weighted by atomic mass is 32.1. The minimum atomic E-state index is -0.706. The van der Waals surface area contributed by atoms with Gasteiger partial charge in [-0.25, -0.2) is 9.78 Å². The molecule has 2 rings (SSSR count). The number of amides is 1. The molecular weight excluding hydrogens is 480 g/mol. The van der Waals surface area contributed by atoms with Crippen LogP contribution >= 0.6 is 11.3 Å². The Morgan fingerprint density at radius 1 is 1.17 bits per heavy atom. The summed E-state index contributed by atoms with van der Waals surface area (Å²) in [4.78, 5) is 43.2. The zero-order chi connectivity index (χ0) is 26.9. The predicted molar refractivity (Wildman–Crippen MR) is 139 cm³/mol. The molecule has 0 aliphatic heterocycles. The van der Waals surface area contributed by atoms with Crippen molar-refractivity contribution in [2.45, 2.75) is 78.7 Å². The minimum absolute atomic E-state index is 0.0527. The van der Waals surface area contributed by atoms with Gasteiger partial charge >= 0.3 is 12.1 Å². The normalized spacial score (nSPS) is 13.2. The van der Waals surface area contributed by atoms with E-state index in [9.17, 15) is 14.4 Å². The second kappa shape index (κ2) is 13.5. The van der Waals surface area contributed by atoms with Gasteiger partial charge in [0.15, 0.2) is 12.4 Å². The molecule has 1 amide bonds. The van der Waals surface area contributed by atoms with Crippen molar-refractivity contribution >= 4 is 29.7 Å². The maximum absolute atomic E-state index is 12.7. The second-order valence-electron chi connectivity index (χ2n) is 10.0. The molecule has 198 valence electrons. The first-order valence-corrected chi connectivity index (χ1v) is 12.9. The van der Waals surface area contributed by atoms with Crippen LogP contribution in [0, 0.1) is 5.92 Å². The number of benzene rings is 1. The fourth-order valence-electron chi connectivity index (χ4n) is 3.69. The summed E-state index contributed by atoms with van der Waals surface area (Å²) in [6, 6.07) is 9.56. The number of aldehydes is 1. The summed E-state index contributed by atoms with van der Waals surface area (Å²) < 4.78 is 16.9. The summed E-state index contributed by atoms with van der Waals surface area (Å²) in [7, 11) is 1.68. The Bertz CT molecular complexity index is 999. The van der Waals surface area contributed by atoms with E-state index in [-0.39, 0.29) is 12.0 Å². The third-order valence-electron chi connectivity index (χ3n) is 5.43. The van der Waals surface area contributed by atoms with Crippen molar-refractivity contribution in [3.05, 3.63) is 51.5 Å². The van der Waals surface area contributed by atoms with Crippen LogP contribution in [0.4, 0.5) is 4.79 Å². The summed E-state index contributed by atoms with van der Waals surface area (Å²) in [6.45, 7) is 11.7. The molecule has 1 aromatic heterocycles. The quantitative estimate of drug-likeness (QED) is 0.205. The smallest absolute Gasteiger partial charge is 0.410 e. The first-order chi connectivity index (χ1) is 16.9. The van der Waals surface area contributed by atoms with Gasteiger partial charge in [0, 0.05) is 37.7 Å². The molecule has 0 aliphatic rings. The van der Waals surface area contributed by atoms with Gasteiger partial charge in [0.05, 0.1) is 13.2 Å². The standard InChI is InChI=1S/C27H38N2O6S/c1-18(2)22(29(7)26(32)35-27(4,5)6)15-23(34-19(3)31)25-28-21(16-30)24(36-25)13-14-33-17-20-11-9-8-10-12-20/h8-12,16,18,22-23H,13-15,17H2,1-7H3/t22-,23-/m1/s1. The zero-order valence-electron chi connectivity index (χ0n) is 22.3. The van der Waals surface area contributed by atoms with Crippen LogP contribution in [0.5, 0.6) is 0 Å². The van der Waals surface area contributed by atoms with Crippen LogP contribution in [0.2, 0.25) is 0 Å². The van der Waals surface area contributed by atoms with E-state index in [2.05, 4.69) is 4.98 Å². The third kappa shape index (κ3) is 9.35. The van der Waals surface area contributed by atoms with Gasteiger partial charge in [-0.2, -0.15) is 0 Å². The fourth-order valence-corrected chi connectivity index (χ4v) is 4.74. The number of ether oxygens (including phenoxy) is 3. The van der Waals surface area contributed by atoms with Crippen molar-refractivity contribution in [2.75, 3.05) is 13.7 Å². The molecule has 0 saturated heterocycles. The van der Waals surface area contributed by atoms with Gasteiger partial charge in [0.2, 0.25) is 0 Å². The molecule has 1 heterocycles. The van der Waals surface area contributed by atoms with Crippen LogP contribution in [0.25, 0.3) is 0 Å². The molecule has 1 aromatic carbocycles. The summed E-state index contributed by atoms with van der Waals surface area (Å²) >= 11 is 1.33. The number of hydrogen-bond donors (Lipinski definition) is 0. The Labute approximate surface area is 218 Å². The van der Waals surface area contributed by atoms with E-state index >= 15 is 0 Å². The molecule has 36 heavy (non-hydrogen) atoms. The molecule has 0 fully saturated rings. The van der Waals surface area contributed by atoms with Crippen LogP contribution in [-0.2, 0) is 32.0 Å². The SMILES string of the molecule is CC(=O)O[C@H](C[C@H](C(C)C)N(C)C(=O)OC(C)(C)C)c1nc(C=O)c(CCOCc2ccccc2)s1.